The van der Waals surface area contributed by atoms with Crippen LogP contribution in [-0.2, 0) is 11.3 Å². The number of benzene rings is 1. The highest BCUT2D eigenvalue weighted by Gasteiger charge is 2.31. The van der Waals surface area contributed by atoms with Crippen molar-refractivity contribution in [3.63, 3.8) is 0 Å². The number of ether oxygens (including phenoxy) is 1. The van der Waals surface area contributed by atoms with E-state index >= 15 is 0 Å². The molecular weight excluding hydrogens is 324 g/mol. The number of hydrogen-bond acceptors (Lipinski definition) is 5. The standard InChI is InChI=1S/C18H20N2O3S/c1-10-4-5-14(18-13(21)6-11(2)17(10)18)23-8-15(22)19-7-16-20-12(3)9-24-16/h4-5,9,11H,6-8H2,1-3H3,(H,19,22). The number of thiazole rings is 1. The van der Waals surface area contributed by atoms with Gasteiger partial charge in [0.05, 0.1) is 12.1 Å². The number of aryl methyl sites for hydroxylation is 2. The summed E-state index contributed by atoms with van der Waals surface area (Å²) in [6.07, 6.45) is 0.506. The predicted octanol–water partition coefficient (Wildman–Crippen LogP) is 3.15. The summed E-state index contributed by atoms with van der Waals surface area (Å²) < 4.78 is 5.63. The summed E-state index contributed by atoms with van der Waals surface area (Å²) in [5.74, 6) is 0.578. The molecule has 126 valence electrons. The number of hydrogen-bond donors (Lipinski definition) is 1. The molecule has 6 heteroatoms. The first kappa shape index (κ1) is 16.6. The van der Waals surface area contributed by atoms with Crippen LogP contribution < -0.4 is 10.1 Å². The maximum atomic E-state index is 12.2. The van der Waals surface area contributed by atoms with E-state index in [1.165, 1.54) is 11.3 Å². The summed E-state index contributed by atoms with van der Waals surface area (Å²) in [5.41, 5.74) is 3.74. The van der Waals surface area contributed by atoms with Gasteiger partial charge in [-0.05, 0) is 37.0 Å². The second kappa shape index (κ2) is 6.73. The van der Waals surface area contributed by atoms with E-state index in [-0.39, 0.29) is 24.2 Å². The smallest absolute Gasteiger partial charge is 0.258 e. The highest BCUT2D eigenvalue weighted by molar-refractivity contribution is 7.09. The van der Waals surface area contributed by atoms with Gasteiger partial charge in [-0.2, -0.15) is 0 Å². The van der Waals surface area contributed by atoms with Crippen molar-refractivity contribution in [1.29, 1.82) is 0 Å². The lowest BCUT2D eigenvalue weighted by molar-refractivity contribution is -0.123. The Morgan fingerprint density at radius 3 is 2.92 bits per heavy atom. The second-order valence-electron chi connectivity index (χ2n) is 6.15. The number of ketones is 1. The topological polar surface area (TPSA) is 68.3 Å². The first-order valence-electron chi connectivity index (χ1n) is 7.93. The summed E-state index contributed by atoms with van der Waals surface area (Å²) in [5, 5.41) is 5.59. The van der Waals surface area contributed by atoms with E-state index in [0.29, 0.717) is 24.3 Å². The molecule has 3 rings (SSSR count). The molecule has 1 aliphatic rings. The highest BCUT2D eigenvalue weighted by atomic mass is 32.1. The third kappa shape index (κ3) is 3.33. The summed E-state index contributed by atoms with van der Waals surface area (Å²) in [6, 6.07) is 3.72. The summed E-state index contributed by atoms with van der Waals surface area (Å²) in [7, 11) is 0. The van der Waals surface area contributed by atoms with Crippen LogP contribution >= 0.6 is 11.3 Å². The minimum atomic E-state index is -0.226. The van der Waals surface area contributed by atoms with E-state index in [0.717, 1.165) is 21.8 Å². The molecule has 1 aromatic heterocycles. The molecule has 1 amide bonds. The van der Waals surface area contributed by atoms with E-state index in [1.54, 1.807) is 6.07 Å². The Kier molecular flexibility index (Phi) is 4.66. The van der Waals surface area contributed by atoms with Gasteiger partial charge in [0, 0.05) is 17.5 Å². The Labute approximate surface area is 145 Å². The number of nitrogens with zero attached hydrogens (tertiary/aromatic N) is 1. The van der Waals surface area contributed by atoms with Gasteiger partial charge < -0.3 is 10.1 Å². The first-order chi connectivity index (χ1) is 11.5. The van der Waals surface area contributed by atoms with Crippen LogP contribution in [0.1, 0.15) is 51.4 Å². The summed E-state index contributed by atoms with van der Waals surface area (Å²) >= 11 is 1.51. The lowest BCUT2D eigenvalue weighted by Crippen LogP contribution is -2.28. The number of fused-ring (bicyclic) bond motifs is 1. The van der Waals surface area contributed by atoms with Crippen molar-refractivity contribution in [1.82, 2.24) is 10.3 Å². The Balaban J connectivity index is 1.63. The third-order valence-electron chi connectivity index (χ3n) is 4.15. The van der Waals surface area contributed by atoms with Gasteiger partial charge in [0.1, 0.15) is 10.8 Å². The molecule has 1 N–H and O–H groups in total. The normalized spacial score (nSPS) is 16.1. The quantitative estimate of drug-likeness (QED) is 0.905. The molecule has 1 atom stereocenters. The molecule has 0 bridgehead atoms. The number of Topliss-reactive ketones (excluding diaryl/α,β-unsaturated/α-hetero) is 1. The Morgan fingerprint density at radius 1 is 1.42 bits per heavy atom. The zero-order valence-electron chi connectivity index (χ0n) is 14.0. The average molecular weight is 344 g/mol. The molecule has 1 aromatic carbocycles. The maximum absolute atomic E-state index is 12.2. The molecule has 1 aliphatic carbocycles. The molecule has 1 unspecified atom stereocenters. The maximum Gasteiger partial charge on any atom is 0.258 e. The van der Waals surface area contributed by atoms with Crippen molar-refractivity contribution < 1.29 is 14.3 Å². The van der Waals surface area contributed by atoms with E-state index in [1.807, 2.05) is 32.2 Å². The molecule has 2 aromatic rings. The fourth-order valence-corrected chi connectivity index (χ4v) is 3.79. The third-order valence-corrected chi connectivity index (χ3v) is 5.12. The lowest BCUT2D eigenvalue weighted by atomic mass is 9.97. The SMILES string of the molecule is Cc1csc(CNC(=O)COc2ccc(C)c3c2C(=O)CC3C)n1. The van der Waals surface area contributed by atoms with Gasteiger partial charge in [-0.1, -0.05) is 13.0 Å². The molecule has 0 aliphatic heterocycles. The molecular formula is C18H20N2O3S. The number of carbonyl (C=O) groups excluding carboxylic acids is 2. The minimum absolute atomic E-state index is 0.0925. The van der Waals surface area contributed by atoms with Crippen LogP contribution in [0.5, 0.6) is 5.75 Å². The number of carbonyl (C=O) groups is 2. The summed E-state index contributed by atoms with van der Waals surface area (Å²) in [6.45, 7) is 6.24. The van der Waals surface area contributed by atoms with Crippen molar-refractivity contribution >= 4 is 23.0 Å². The van der Waals surface area contributed by atoms with Crippen molar-refractivity contribution in [2.75, 3.05) is 6.61 Å². The first-order valence-corrected chi connectivity index (χ1v) is 8.81. The lowest BCUT2D eigenvalue weighted by Gasteiger charge is -2.13. The zero-order chi connectivity index (χ0) is 17.3. The zero-order valence-corrected chi connectivity index (χ0v) is 14.8. The van der Waals surface area contributed by atoms with Crippen molar-refractivity contribution in [3.8, 4) is 5.75 Å². The van der Waals surface area contributed by atoms with Gasteiger partial charge in [0.25, 0.3) is 5.91 Å². The average Bonchev–Trinajstić information content (AvgIpc) is 3.09. The van der Waals surface area contributed by atoms with Crippen LogP contribution in [0.3, 0.4) is 0 Å². The number of rotatable bonds is 5. The Morgan fingerprint density at radius 2 is 2.21 bits per heavy atom. The van der Waals surface area contributed by atoms with Crippen LogP contribution in [0, 0.1) is 13.8 Å². The van der Waals surface area contributed by atoms with E-state index in [2.05, 4.69) is 10.3 Å². The van der Waals surface area contributed by atoms with Gasteiger partial charge >= 0.3 is 0 Å². The Hall–Kier alpha value is -2.21. The van der Waals surface area contributed by atoms with Gasteiger partial charge in [-0.3, -0.25) is 9.59 Å². The fraction of sp³-hybridized carbons (Fsp3) is 0.389. The van der Waals surface area contributed by atoms with Crippen molar-refractivity contribution in [2.24, 2.45) is 0 Å². The summed E-state index contributed by atoms with van der Waals surface area (Å²) in [4.78, 5) is 28.5. The second-order valence-corrected chi connectivity index (χ2v) is 7.09. The molecule has 5 nitrogen and oxygen atoms in total. The molecule has 0 fully saturated rings. The van der Waals surface area contributed by atoms with Crippen molar-refractivity contribution in [3.05, 3.63) is 44.9 Å². The molecule has 0 radical (unpaired) electrons. The van der Waals surface area contributed by atoms with E-state index < -0.39 is 0 Å². The van der Waals surface area contributed by atoms with Gasteiger partial charge in [0.2, 0.25) is 0 Å². The molecule has 24 heavy (non-hydrogen) atoms. The number of amides is 1. The molecule has 0 saturated carbocycles. The number of nitrogens with one attached hydrogen (secondary N) is 1. The van der Waals surface area contributed by atoms with Crippen LogP contribution in [-0.4, -0.2) is 23.3 Å². The largest absolute Gasteiger partial charge is 0.483 e. The van der Waals surface area contributed by atoms with E-state index in [4.69, 9.17) is 4.74 Å². The molecule has 1 heterocycles. The van der Waals surface area contributed by atoms with Crippen LogP contribution in [0.15, 0.2) is 17.5 Å². The van der Waals surface area contributed by atoms with Gasteiger partial charge in [-0.25, -0.2) is 4.98 Å². The van der Waals surface area contributed by atoms with Crippen LogP contribution in [0.25, 0.3) is 0 Å². The van der Waals surface area contributed by atoms with Gasteiger partial charge in [0.15, 0.2) is 12.4 Å². The molecule has 0 spiro atoms. The van der Waals surface area contributed by atoms with Crippen molar-refractivity contribution in [2.45, 2.75) is 39.7 Å². The van der Waals surface area contributed by atoms with E-state index in [9.17, 15) is 9.59 Å². The number of aromatic nitrogens is 1. The van der Waals surface area contributed by atoms with Gasteiger partial charge in [-0.15, -0.1) is 11.3 Å². The monoisotopic (exact) mass is 344 g/mol. The predicted molar refractivity (Wildman–Crippen MR) is 92.7 cm³/mol. The minimum Gasteiger partial charge on any atom is -0.483 e. The Bertz CT molecular complexity index is 798. The van der Waals surface area contributed by atoms with Crippen LogP contribution in [0.4, 0.5) is 0 Å². The highest BCUT2D eigenvalue weighted by Crippen LogP contribution is 2.40. The van der Waals surface area contributed by atoms with Crippen LogP contribution in [0.2, 0.25) is 0 Å². The molecule has 0 saturated heterocycles. The fourth-order valence-electron chi connectivity index (χ4n) is 3.08.